The van der Waals surface area contributed by atoms with Crippen molar-refractivity contribution >= 4 is 11.8 Å². The summed E-state index contributed by atoms with van der Waals surface area (Å²) in [6.45, 7) is 3.09. The summed E-state index contributed by atoms with van der Waals surface area (Å²) in [4.78, 5) is 23.6. The predicted octanol–water partition coefficient (Wildman–Crippen LogP) is 3.40. The van der Waals surface area contributed by atoms with Crippen LogP contribution in [0, 0.1) is 0 Å². The number of benzene rings is 1. The highest BCUT2D eigenvalue weighted by Gasteiger charge is 2.31. The first-order valence-electron chi connectivity index (χ1n) is 5.86. The van der Waals surface area contributed by atoms with Crippen LogP contribution < -0.4 is 0 Å². The minimum Gasteiger partial charge on any atom is -0.462 e. The van der Waals surface area contributed by atoms with Gasteiger partial charge in [-0.05, 0) is 26.0 Å². The topological polar surface area (TPSA) is 43.4 Å². The number of Topliss-reactive ketones (excluding diaryl/α,β-unsaturated/α-hetero) is 1. The Balaban J connectivity index is 3.12. The van der Waals surface area contributed by atoms with Crippen LogP contribution in [0.3, 0.4) is 0 Å². The lowest BCUT2D eigenvalue weighted by Gasteiger charge is -2.09. The number of halogens is 3. The van der Waals surface area contributed by atoms with Crippen molar-refractivity contribution in [1.82, 2.24) is 0 Å². The van der Waals surface area contributed by atoms with Gasteiger partial charge in [0.15, 0.2) is 5.78 Å². The van der Waals surface area contributed by atoms with Gasteiger partial charge < -0.3 is 4.74 Å². The Hall–Kier alpha value is -2.11. The van der Waals surface area contributed by atoms with Crippen molar-refractivity contribution in [3.05, 3.63) is 47.0 Å². The fraction of sp³-hybridized carbons (Fsp3) is 0.286. The number of ketones is 1. The van der Waals surface area contributed by atoms with E-state index in [0.29, 0.717) is 6.07 Å². The number of allylic oxidation sites excluding steroid dienone is 1. The number of rotatable bonds is 4. The maximum atomic E-state index is 12.6. The van der Waals surface area contributed by atoms with Gasteiger partial charge in [0.1, 0.15) is 5.57 Å². The molecule has 0 saturated carbocycles. The highest BCUT2D eigenvalue weighted by Crippen LogP contribution is 2.30. The third-order valence-electron chi connectivity index (χ3n) is 2.48. The van der Waals surface area contributed by atoms with E-state index in [1.165, 1.54) is 19.1 Å². The lowest BCUT2D eigenvalue weighted by atomic mass is 10.0. The molecular weight excluding hydrogens is 273 g/mol. The lowest BCUT2D eigenvalue weighted by Crippen LogP contribution is -2.17. The van der Waals surface area contributed by atoms with Gasteiger partial charge in [0.2, 0.25) is 0 Å². The maximum Gasteiger partial charge on any atom is 0.416 e. The highest BCUT2D eigenvalue weighted by molar-refractivity contribution is 6.24. The van der Waals surface area contributed by atoms with Gasteiger partial charge in [-0.15, -0.1) is 0 Å². The first-order chi connectivity index (χ1) is 9.31. The minimum absolute atomic E-state index is 0.0754. The fourth-order valence-corrected chi connectivity index (χ4v) is 1.54. The normalized spacial score (nSPS) is 12.2. The van der Waals surface area contributed by atoms with Crippen LogP contribution in [0.4, 0.5) is 13.2 Å². The number of carbonyl (C=O) groups excluding carboxylic acids is 2. The zero-order valence-corrected chi connectivity index (χ0v) is 11.0. The quantitative estimate of drug-likeness (QED) is 0.280. The molecule has 0 unspecified atom stereocenters. The molecule has 0 amide bonds. The molecule has 1 rings (SSSR count). The van der Waals surface area contributed by atoms with Crippen LogP contribution in [0.5, 0.6) is 0 Å². The number of hydrogen-bond acceptors (Lipinski definition) is 3. The molecule has 108 valence electrons. The summed E-state index contributed by atoms with van der Waals surface area (Å²) in [5, 5.41) is 0. The summed E-state index contributed by atoms with van der Waals surface area (Å²) in [7, 11) is 0. The van der Waals surface area contributed by atoms with E-state index in [2.05, 4.69) is 4.74 Å². The molecule has 3 nitrogen and oxygen atoms in total. The van der Waals surface area contributed by atoms with E-state index in [-0.39, 0.29) is 17.7 Å². The van der Waals surface area contributed by atoms with Gasteiger partial charge in [0.05, 0.1) is 12.2 Å². The molecule has 0 heterocycles. The van der Waals surface area contributed by atoms with Crippen LogP contribution in [0.15, 0.2) is 35.9 Å². The Morgan fingerprint density at radius 3 is 2.45 bits per heavy atom. The van der Waals surface area contributed by atoms with Crippen molar-refractivity contribution in [1.29, 1.82) is 0 Å². The van der Waals surface area contributed by atoms with Crippen molar-refractivity contribution < 1.29 is 27.5 Å². The van der Waals surface area contributed by atoms with Gasteiger partial charge >= 0.3 is 12.1 Å². The van der Waals surface area contributed by atoms with E-state index in [1.807, 2.05) is 0 Å². The Morgan fingerprint density at radius 1 is 1.30 bits per heavy atom. The third kappa shape index (κ3) is 3.69. The Morgan fingerprint density at radius 2 is 1.95 bits per heavy atom. The zero-order chi connectivity index (χ0) is 15.3. The first-order valence-corrected chi connectivity index (χ1v) is 5.86. The molecule has 1 aromatic carbocycles. The molecular formula is C14H13F3O3. The third-order valence-corrected chi connectivity index (χ3v) is 2.48. The van der Waals surface area contributed by atoms with Gasteiger partial charge in [-0.25, -0.2) is 4.79 Å². The molecule has 20 heavy (non-hydrogen) atoms. The summed E-state index contributed by atoms with van der Waals surface area (Å²) < 4.78 is 42.4. The van der Waals surface area contributed by atoms with Crippen LogP contribution in [0.25, 0.3) is 0 Å². The molecule has 0 saturated heterocycles. The van der Waals surface area contributed by atoms with E-state index in [4.69, 9.17) is 0 Å². The largest absolute Gasteiger partial charge is 0.462 e. The molecule has 0 atom stereocenters. The summed E-state index contributed by atoms with van der Waals surface area (Å²) in [5.74, 6) is -1.64. The average Bonchev–Trinajstić information content (AvgIpc) is 2.39. The van der Waals surface area contributed by atoms with Crippen LogP contribution in [0.1, 0.15) is 29.8 Å². The average molecular weight is 286 g/mol. The molecule has 0 aliphatic rings. The molecule has 0 spiro atoms. The van der Waals surface area contributed by atoms with Crippen molar-refractivity contribution in [2.45, 2.75) is 20.0 Å². The van der Waals surface area contributed by atoms with Crippen molar-refractivity contribution in [3.8, 4) is 0 Å². The van der Waals surface area contributed by atoms with Crippen molar-refractivity contribution in [2.24, 2.45) is 0 Å². The summed E-state index contributed by atoms with van der Waals surface area (Å²) in [5.41, 5.74) is -1.44. The second-order valence-corrected chi connectivity index (χ2v) is 3.83. The van der Waals surface area contributed by atoms with E-state index >= 15 is 0 Å². The molecule has 0 aromatic heterocycles. The van der Waals surface area contributed by atoms with Crippen LogP contribution in [-0.2, 0) is 15.7 Å². The number of alkyl halides is 3. The number of ether oxygens (including phenoxy) is 1. The van der Waals surface area contributed by atoms with E-state index in [0.717, 1.165) is 12.1 Å². The van der Waals surface area contributed by atoms with Gasteiger partial charge in [-0.2, -0.15) is 13.2 Å². The first kappa shape index (κ1) is 15.9. The van der Waals surface area contributed by atoms with Gasteiger partial charge in [-0.1, -0.05) is 18.2 Å². The standard InChI is InChI=1S/C14H13F3O3/c1-3-11(13(19)20-4-2)12(18)9-6-5-7-10(8-9)14(15,16)17/h3,5-8H,4H2,1-2H3/b11-3-. The number of esters is 1. The monoisotopic (exact) mass is 286 g/mol. The molecule has 6 heteroatoms. The highest BCUT2D eigenvalue weighted by atomic mass is 19.4. The van der Waals surface area contributed by atoms with E-state index in [1.54, 1.807) is 6.92 Å². The number of carbonyl (C=O) groups is 2. The smallest absolute Gasteiger partial charge is 0.416 e. The van der Waals surface area contributed by atoms with Crippen LogP contribution >= 0.6 is 0 Å². The molecule has 0 aliphatic carbocycles. The summed E-state index contributed by atoms with van der Waals surface area (Å²) >= 11 is 0. The van der Waals surface area contributed by atoms with Gasteiger partial charge in [-0.3, -0.25) is 4.79 Å². The van der Waals surface area contributed by atoms with Gasteiger partial charge in [0, 0.05) is 5.56 Å². The second-order valence-electron chi connectivity index (χ2n) is 3.83. The molecule has 0 aliphatic heterocycles. The van der Waals surface area contributed by atoms with Crippen LogP contribution in [-0.4, -0.2) is 18.4 Å². The SMILES string of the molecule is C/C=C(\C(=O)OCC)C(=O)c1cccc(C(F)(F)F)c1. The molecule has 0 bridgehead atoms. The molecule has 0 fully saturated rings. The summed E-state index contributed by atoms with van der Waals surface area (Å²) in [6, 6.07) is 3.91. The zero-order valence-electron chi connectivity index (χ0n) is 11.0. The van der Waals surface area contributed by atoms with Gasteiger partial charge in [0.25, 0.3) is 0 Å². The molecule has 0 radical (unpaired) electrons. The number of hydrogen-bond donors (Lipinski definition) is 0. The Kier molecular flexibility index (Phi) is 5.07. The Bertz CT molecular complexity index is 545. The summed E-state index contributed by atoms with van der Waals surface area (Å²) in [6.07, 6.45) is -3.32. The molecule has 0 N–H and O–H groups in total. The van der Waals surface area contributed by atoms with E-state index in [9.17, 15) is 22.8 Å². The molecule has 1 aromatic rings. The fourth-order valence-electron chi connectivity index (χ4n) is 1.54. The maximum absolute atomic E-state index is 12.6. The minimum atomic E-state index is -4.55. The van der Waals surface area contributed by atoms with Crippen LogP contribution in [0.2, 0.25) is 0 Å². The predicted molar refractivity (Wildman–Crippen MR) is 66.2 cm³/mol. The second kappa shape index (κ2) is 6.36. The van der Waals surface area contributed by atoms with E-state index < -0.39 is 23.5 Å². The lowest BCUT2D eigenvalue weighted by molar-refractivity contribution is -0.138. The van der Waals surface area contributed by atoms with Crippen molar-refractivity contribution in [2.75, 3.05) is 6.61 Å². The van der Waals surface area contributed by atoms with Crippen molar-refractivity contribution in [3.63, 3.8) is 0 Å². The Labute approximate surface area is 114 Å².